The first-order valence-electron chi connectivity index (χ1n) is 14.6. The quantitative estimate of drug-likeness (QED) is 0.155. The number of fused-ring (bicyclic) bond motifs is 1. The molecule has 0 fully saturated rings. The summed E-state index contributed by atoms with van der Waals surface area (Å²) in [6.45, 7) is 5.96. The lowest BCUT2D eigenvalue weighted by molar-refractivity contribution is -0.122. The Kier molecular flexibility index (Phi) is 13.1. The maximum atomic E-state index is 15.4. The molecule has 2 heterocycles. The van der Waals surface area contributed by atoms with Crippen LogP contribution in [0.25, 0.3) is 22.3 Å². The average Bonchev–Trinajstić information content (AvgIpc) is 3.41. The molecule has 0 bridgehead atoms. The van der Waals surface area contributed by atoms with Gasteiger partial charge in [0.05, 0.1) is 46.6 Å². The first-order valence-corrected chi connectivity index (χ1v) is 14.6. The van der Waals surface area contributed by atoms with E-state index in [1.165, 1.54) is 24.3 Å². The molecule has 0 aliphatic rings. The van der Waals surface area contributed by atoms with Gasteiger partial charge in [-0.3, -0.25) is 4.79 Å². The van der Waals surface area contributed by atoms with E-state index in [0.717, 1.165) is 6.07 Å². The minimum atomic E-state index is -1.04. The van der Waals surface area contributed by atoms with E-state index in [1.807, 2.05) is 31.4 Å². The number of aromatic nitrogens is 3. The Bertz CT molecular complexity index is 1890. The zero-order valence-electron chi connectivity index (χ0n) is 26.3. The number of benzene rings is 3. The van der Waals surface area contributed by atoms with Crippen LogP contribution in [-0.4, -0.2) is 50.4 Å². The van der Waals surface area contributed by atoms with Crippen LogP contribution in [0, 0.1) is 23.0 Å². The molecule has 3 aromatic carbocycles. The fourth-order valence-corrected chi connectivity index (χ4v) is 4.54. The van der Waals surface area contributed by atoms with Gasteiger partial charge in [0.25, 0.3) is 6.47 Å². The summed E-state index contributed by atoms with van der Waals surface area (Å²) in [5.41, 5.74) is 3.28. The van der Waals surface area contributed by atoms with Crippen LogP contribution in [0.3, 0.4) is 0 Å². The van der Waals surface area contributed by atoms with Crippen molar-refractivity contribution < 1.29 is 38.1 Å². The number of pyridine rings is 1. The SMILES string of the molecule is CC.COC(C)Cn1c(Cc2ccc(-c3cccc(OCc4ccc(C#N)cc4F)n3)cc2F)nc2ccc(C(=O)O)cc21.O=CO. The van der Waals surface area contributed by atoms with Crippen LogP contribution in [0.1, 0.15) is 53.6 Å². The molecule has 0 aliphatic heterocycles. The minimum Gasteiger partial charge on any atom is -0.483 e. The molecule has 5 aromatic rings. The van der Waals surface area contributed by atoms with Crippen molar-refractivity contribution in [2.45, 2.75) is 46.4 Å². The zero-order valence-corrected chi connectivity index (χ0v) is 26.3. The Balaban J connectivity index is 0.00000114. The first kappa shape index (κ1) is 35.8. The standard InChI is InChI=1S/C32H26F2N4O4.C2H6.CH2O2/c1-19(41-2)17-38-29-14-23(32(39)40)10-11-28(29)36-30(38)15-21-8-9-22(13-26(21)34)27-4-3-5-31(37-27)42-18-24-7-6-20(16-35)12-25(24)33;1-2;2-1-3/h3-14,19H,15,17-18H2,1-2H3,(H,39,40);1-2H3;1H,(H,2,3). The predicted molar refractivity (Wildman–Crippen MR) is 171 cm³/mol. The van der Waals surface area contributed by atoms with E-state index in [4.69, 9.17) is 24.6 Å². The smallest absolute Gasteiger partial charge is 0.335 e. The summed E-state index contributed by atoms with van der Waals surface area (Å²) in [6.07, 6.45) is -0.0114. The molecule has 0 spiro atoms. The van der Waals surface area contributed by atoms with E-state index in [0.29, 0.717) is 40.2 Å². The lowest BCUT2D eigenvalue weighted by Gasteiger charge is -2.15. The van der Waals surface area contributed by atoms with Gasteiger partial charge >= 0.3 is 5.97 Å². The van der Waals surface area contributed by atoms with Gasteiger partial charge in [0, 0.05) is 30.7 Å². The molecule has 0 aliphatic carbocycles. The molecule has 0 amide bonds. The molecule has 47 heavy (non-hydrogen) atoms. The zero-order chi connectivity index (χ0) is 34.5. The molecule has 0 saturated carbocycles. The fourth-order valence-electron chi connectivity index (χ4n) is 4.54. The molecule has 2 aromatic heterocycles. The van der Waals surface area contributed by atoms with Crippen molar-refractivity contribution in [1.82, 2.24) is 14.5 Å². The molecule has 0 radical (unpaired) electrons. The van der Waals surface area contributed by atoms with E-state index < -0.39 is 17.6 Å². The average molecular weight is 645 g/mol. The molecule has 2 N–H and O–H groups in total. The van der Waals surface area contributed by atoms with Crippen molar-refractivity contribution in [1.29, 1.82) is 5.26 Å². The minimum absolute atomic E-state index is 0.0854. The number of methoxy groups -OCH3 is 1. The van der Waals surface area contributed by atoms with Gasteiger partial charge in [-0.2, -0.15) is 5.26 Å². The van der Waals surface area contributed by atoms with Crippen molar-refractivity contribution in [3.8, 4) is 23.2 Å². The third kappa shape index (κ3) is 9.18. The number of hydrogen-bond acceptors (Lipinski definition) is 7. The lowest BCUT2D eigenvalue weighted by Crippen LogP contribution is -2.17. The van der Waals surface area contributed by atoms with Crippen LogP contribution in [0.5, 0.6) is 5.88 Å². The van der Waals surface area contributed by atoms with Crippen LogP contribution in [0.2, 0.25) is 0 Å². The van der Waals surface area contributed by atoms with Crippen molar-refractivity contribution in [3.05, 3.63) is 113 Å². The van der Waals surface area contributed by atoms with Gasteiger partial charge in [0.1, 0.15) is 24.1 Å². The number of aromatic carboxylic acids is 1. The number of hydrogen-bond donors (Lipinski definition) is 2. The van der Waals surface area contributed by atoms with E-state index in [-0.39, 0.29) is 48.2 Å². The number of nitriles is 1. The van der Waals surface area contributed by atoms with E-state index in [2.05, 4.69) is 9.97 Å². The second kappa shape index (κ2) is 17.1. The van der Waals surface area contributed by atoms with Crippen LogP contribution in [0.4, 0.5) is 8.78 Å². The van der Waals surface area contributed by atoms with Crippen LogP contribution < -0.4 is 4.74 Å². The first-order chi connectivity index (χ1) is 22.7. The highest BCUT2D eigenvalue weighted by Crippen LogP contribution is 2.26. The third-order valence-electron chi connectivity index (χ3n) is 6.89. The van der Waals surface area contributed by atoms with Gasteiger partial charge in [-0.1, -0.05) is 38.1 Å². The highest BCUT2D eigenvalue weighted by molar-refractivity contribution is 5.92. The number of halogens is 2. The van der Waals surface area contributed by atoms with Crippen molar-refractivity contribution >= 4 is 23.5 Å². The van der Waals surface area contributed by atoms with Gasteiger partial charge < -0.3 is 24.3 Å². The molecule has 244 valence electrons. The van der Waals surface area contributed by atoms with E-state index in [1.54, 1.807) is 49.6 Å². The molecule has 0 saturated heterocycles. The van der Waals surface area contributed by atoms with Gasteiger partial charge in [0.15, 0.2) is 0 Å². The van der Waals surface area contributed by atoms with Crippen LogP contribution in [-0.2, 0) is 29.1 Å². The summed E-state index contributed by atoms with van der Waals surface area (Å²) in [6, 6.07) is 20.6. The highest BCUT2D eigenvalue weighted by Gasteiger charge is 2.18. The van der Waals surface area contributed by atoms with E-state index in [9.17, 15) is 14.3 Å². The normalized spacial score (nSPS) is 10.9. The fraction of sp³-hybridized carbons (Fsp3) is 0.229. The summed E-state index contributed by atoms with van der Waals surface area (Å²) >= 11 is 0. The second-order valence-corrected chi connectivity index (χ2v) is 9.85. The van der Waals surface area contributed by atoms with Gasteiger partial charge in [-0.15, -0.1) is 0 Å². The molecular formula is C35H34F2N4O6. The highest BCUT2D eigenvalue weighted by atomic mass is 19.1. The summed E-state index contributed by atoms with van der Waals surface area (Å²) in [5.74, 6) is -1.23. The van der Waals surface area contributed by atoms with Crippen molar-refractivity contribution in [3.63, 3.8) is 0 Å². The summed E-state index contributed by atoms with van der Waals surface area (Å²) < 4.78 is 42.6. The van der Waals surface area contributed by atoms with E-state index >= 15 is 4.39 Å². The maximum absolute atomic E-state index is 15.4. The summed E-state index contributed by atoms with van der Waals surface area (Å²) in [7, 11) is 1.59. The molecule has 1 atom stereocenters. The third-order valence-corrected chi connectivity index (χ3v) is 6.89. The number of rotatable bonds is 10. The lowest BCUT2D eigenvalue weighted by atomic mass is 10.1. The monoisotopic (exact) mass is 644 g/mol. The topological polar surface area (TPSA) is 148 Å². The van der Waals surface area contributed by atoms with Crippen molar-refractivity contribution in [2.24, 2.45) is 0 Å². The second-order valence-electron chi connectivity index (χ2n) is 9.85. The summed E-state index contributed by atoms with van der Waals surface area (Å²) in [4.78, 5) is 29.0. The Labute approximate surface area is 270 Å². The predicted octanol–water partition coefficient (Wildman–Crippen LogP) is 6.88. The Hall–Kier alpha value is -5.67. The van der Waals surface area contributed by atoms with Crippen molar-refractivity contribution in [2.75, 3.05) is 7.11 Å². The Morgan fingerprint density at radius 3 is 2.36 bits per heavy atom. The molecular weight excluding hydrogens is 610 g/mol. The molecule has 12 heteroatoms. The Morgan fingerprint density at radius 2 is 1.72 bits per heavy atom. The van der Waals surface area contributed by atoms with Gasteiger partial charge in [-0.05, 0) is 55.0 Å². The van der Waals surface area contributed by atoms with Crippen LogP contribution in [0.15, 0.2) is 72.8 Å². The molecule has 10 nitrogen and oxygen atoms in total. The molecule has 5 rings (SSSR count). The summed E-state index contributed by atoms with van der Waals surface area (Å²) in [5, 5.41) is 25.2. The van der Waals surface area contributed by atoms with Gasteiger partial charge in [0.2, 0.25) is 5.88 Å². The maximum Gasteiger partial charge on any atom is 0.335 e. The number of carbonyl (C=O) groups is 2. The Morgan fingerprint density at radius 1 is 1.02 bits per heavy atom. The molecule has 1 unspecified atom stereocenters. The number of ether oxygens (including phenoxy) is 2. The number of nitrogens with zero attached hydrogens (tertiary/aromatic N) is 4. The number of carboxylic acids is 1. The van der Waals surface area contributed by atoms with Gasteiger partial charge in [-0.25, -0.2) is 23.5 Å². The number of imidazole rings is 1. The largest absolute Gasteiger partial charge is 0.483 e. The van der Waals surface area contributed by atoms with Crippen LogP contribution >= 0.6 is 0 Å². The number of carboxylic acid groups (broad SMARTS) is 2.